The fourth-order valence-corrected chi connectivity index (χ4v) is 7.88. The molecule has 4 rings (SSSR count). The Bertz CT molecular complexity index is 2540. The summed E-state index contributed by atoms with van der Waals surface area (Å²) in [4.78, 5) is -1.96. The normalized spacial score (nSPS) is 13.0. The summed E-state index contributed by atoms with van der Waals surface area (Å²) in [6.45, 7) is 3.18. The highest BCUT2D eigenvalue weighted by atomic mass is 32.3. The number of benzene rings is 4. The monoisotopic (exact) mass is 821 g/mol. The summed E-state index contributed by atoms with van der Waals surface area (Å²) in [7, 11) is -20.0. The Kier molecular flexibility index (Phi) is 11.9. The number of rotatable bonds is 14. The number of phenolic OH excluding ortho intramolecular Hbond substituents is 1. The van der Waals surface area contributed by atoms with Crippen molar-refractivity contribution < 1.29 is 61.2 Å². The van der Waals surface area contributed by atoms with Gasteiger partial charge in [0.25, 0.3) is 30.4 Å². The first kappa shape index (κ1) is 39.8. The van der Waals surface area contributed by atoms with Crippen LogP contribution < -0.4 is 5.73 Å². The number of anilines is 1. The largest absolute Gasteiger partial charge is 0.505 e. The zero-order chi connectivity index (χ0) is 37.9. The van der Waals surface area contributed by atoms with E-state index in [1.54, 1.807) is 0 Å². The van der Waals surface area contributed by atoms with E-state index in [2.05, 4.69) is 31.2 Å². The molecule has 0 aliphatic rings. The van der Waals surface area contributed by atoms with Crippen LogP contribution in [0.4, 0.5) is 28.4 Å². The molecular formula is C26H23N5O14S6. The molecule has 0 heterocycles. The van der Waals surface area contributed by atoms with E-state index in [0.29, 0.717) is 21.9 Å². The number of nitrogens with zero attached hydrogens (tertiary/aromatic N) is 4. The molecule has 0 aliphatic carbocycles. The van der Waals surface area contributed by atoms with Crippen molar-refractivity contribution in [1.29, 1.82) is 0 Å². The van der Waals surface area contributed by atoms with Crippen molar-refractivity contribution in [3.8, 4) is 5.75 Å². The lowest BCUT2D eigenvalue weighted by atomic mass is 10.1. The molecule has 7 N–H and O–H groups in total. The van der Waals surface area contributed by atoms with Gasteiger partial charge in [-0.15, -0.1) is 27.1 Å². The number of phenols is 1. The van der Waals surface area contributed by atoms with Crippen molar-refractivity contribution in [1.82, 2.24) is 0 Å². The van der Waals surface area contributed by atoms with Gasteiger partial charge in [0.1, 0.15) is 31.7 Å². The third-order valence-electron chi connectivity index (χ3n) is 6.24. The number of fused-ring (bicyclic) bond motifs is 1. The third-order valence-corrected chi connectivity index (χ3v) is 11.0. The van der Waals surface area contributed by atoms with Gasteiger partial charge < -0.3 is 10.8 Å². The molecule has 0 aromatic heterocycles. The number of azo groups is 2. The SMILES string of the molecule is C=CSc1ccc(N=Nc2c(S(=O)(=O)O)cc3cc(S(=O)(=O)O)c(N=Nc4ccc(SCCOS(=O)(=O)O)cc4)c(N)c3c2O)c(S(=O)(=O)O)c1. The summed E-state index contributed by atoms with van der Waals surface area (Å²) in [6.07, 6.45) is 0. The average Bonchev–Trinajstić information content (AvgIpc) is 3.01. The predicted molar refractivity (Wildman–Crippen MR) is 185 cm³/mol. The van der Waals surface area contributed by atoms with E-state index in [1.807, 2.05) is 0 Å². The fraction of sp³-hybridized carbons (Fsp3) is 0.0769. The number of aromatic hydroxyl groups is 1. The van der Waals surface area contributed by atoms with Gasteiger partial charge in [0.05, 0.1) is 23.4 Å². The first-order valence-corrected chi connectivity index (χ1v) is 20.8. The summed E-state index contributed by atoms with van der Waals surface area (Å²) in [5.74, 6) is -0.967. The van der Waals surface area contributed by atoms with Gasteiger partial charge in [0, 0.05) is 15.5 Å². The highest BCUT2D eigenvalue weighted by molar-refractivity contribution is 8.02. The number of hydrogen-bond donors (Lipinski definition) is 6. The maximum Gasteiger partial charge on any atom is 0.397 e. The molecule has 19 nitrogen and oxygen atoms in total. The van der Waals surface area contributed by atoms with Gasteiger partial charge in [-0.3, -0.25) is 18.2 Å². The highest BCUT2D eigenvalue weighted by Gasteiger charge is 2.28. The molecule has 4 aromatic carbocycles. The lowest BCUT2D eigenvalue weighted by Gasteiger charge is -2.14. The molecule has 0 amide bonds. The number of thioether (sulfide) groups is 2. The van der Waals surface area contributed by atoms with E-state index >= 15 is 0 Å². The maximum atomic E-state index is 12.4. The van der Waals surface area contributed by atoms with Gasteiger partial charge in [-0.05, 0) is 65.4 Å². The van der Waals surface area contributed by atoms with E-state index in [1.165, 1.54) is 35.7 Å². The second kappa shape index (κ2) is 15.3. The van der Waals surface area contributed by atoms with E-state index in [4.69, 9.17) is 10.3 Å². The zero-order valence-electron chi connectivity index (χ0n) is 25.1. The second-order valence-electron chi connectivity index (χ2n) is 9.64. The lowest BCUT2D eigenvalue weighted by Crippen LogP contribution is -2.06. The highest BCUT2D eigenvalue weighted by Crippen LogP contribution is 2.48. The van der Waals surface area contributed by atoms with Gasteiger partial charge in [-0.1, -0.05) is 18.3 Å². The predicted octanol–water partition coefficient (Wildman–Crippen LogP) is 5.85. The van der Waals surface area contributed by atoms with Crippen LogP contribution in [-0.4, -0.2) is 69.3 Å². The molecule has 0 saturated carbocycles. The first-order valence-electron chi connectivity index (χ1n) is 13.2. The Morgan fingerprint density at radius 1 is 0.725 bits per heavy atom. The topological polar surface area (TPSA) is 322 Å². The van der Waals surface area contributed by atoms with E-state index in [0.717, 1.165) is 35.7 Å². The van der Waals surface area contributed by atoms with Gasteiger partial charge >= 0.3 is 10.4 Å². The van der Waals surface area contributed by atoms with Crippen molar-refractivity contribution in [2.45, 2.75) is 24.5 Å². The lowest BCUT2D eigenvalue weighted by molar-refractivity contribution is 0.285. The van der Waals surface area contributed by atoms with E-state index in [9.17, 15) is 52.4 Å². The number of nitrogens with two attached hydrogens (primary N) is 1. The minimum Gasteiger partial charge on any atom is -0.505 e. The summed E-state index contributed by atoms with van der Waals surface area (Å²) in [5, 5.41) is 26.7. The Hall–Kier alpha value is -4.02. The van der Waals surface area contributed by atoms with Crippen LogP contribution in [0.3, 0.4) is 0 Å². The minimum atomic E-state index is -5.28. The van der Waals surface area contributed by atoms with Crippen LogP contribution in [0.15, 0.2) is 112 Å². The molecular weight excluding hydrogens is 799 g/mol. The number of nitrogen functional groups attached to an aromatic ring is 1. The van der Waals surface area contributed by atoms with E-state index in [-0.39, 0.29) is 18.0 Å². The average molecular weight is 822 g/mol. The van der Waals surface area contributed by atoms with Crippen molar-refractivity contribution in [2.24, 2.45) is 20.5 Å². The molecule has 0 atom stereocenters. The van der Waals surface area contributed by atoms with Crippen molar-refractivity contribution in [3.05, 3.63) is 66.6 Å². The molecule has 0 radical (unpaired) electrons. The van der Waals surface area contributed by atoms with Crippen molar-refractivity contribution in [3.63, 3.8) is 0 Å². The van der Waals surface area contributed by atoms with Crippen LogP contribution in [0.5, 0.6) is 5.75 Å². The summed E-state index contributed by atoms with van der Waals surface area (Å²) >= 11 is 2.14. The molecule has 0 saturated heterocycles. The van der Waals surface area contributed by atoms with Crippen molar-refractivity contribution >= 4 is 103 Å². The van der Waals surface area contributed by atoms with Crippen molar-refractivity contribution in [2.75, 3.05) is 18.1 Å². The van der Waals surface area contributed by atoms with Gasteiger partial charge in [0.2, 0.25) is 0 Å². The van der Waals surface area contributed by atoms with Crippen LogP contribution in [0, 0.1) is 0 Å². The molecule has 0 spiro atoms. The minimum absolute atomic E-state index is 0.113. The summed E-state index contributed by atoms with van der Waals surface area (Å²) in [6, 6.07) is 10.7. The summed E-state index contributed by atoms with van der Waals surface area (Å²) in [5.41, 5.74) is 3.41. The van der Waals surface area contributed by atoms with Crippen LogP contribution in [0.25, 0.3) is 10.8 Å². The molecule has 0 aliphatic heterocycles. The smallest absolute Gasteiger partial charge is 0.397 e. The molecule has 0 bridgehead atoms. The van der Waals surface area contributed by atoms with Gasteiger partial charge in [-0.25, -0.2) is 4.18 Å². The van der Waals surface area contributed by atoms with Crippen LogP contribution in [0.1, 0.15) is 0 Å². The third kappa shape index (κ3) is 10.1. The zero-order valence-corrected chi connectivity index (χ0v) is 30.0. The first-order chi connectivity index (χ1) is 23.6. The Morgan fingerprint density at radius 3 is 1.82 bits per heavy atom. The van der Waals surface area contributed by atoms with E-state index < -0.39 is 94.7 Å². The Labute approximate surface area is 298 Å². The Morgan fingerprint density at radius 2 is 1.27 bits per heavy atom. The quantitative estimate of drug-likeness (QED) is 0.0286. The molecule has 4 aromatic rings. The fourth-order valence-electron chi connectivity index (χ4n) is 4.18. The number of hydrogen-bond acceptors (Lipinski definition) is 17. The molecule has 0 unspecified atom stereocenters. The van der Waals surface area contributed by atoms with Gasteiger partial charge in [-0.2, -0.15) is 38.8 Å². The molecule has 51 heavy (non-hydrogen) atoms. The summed E-state index contributed by atoms with van der Waals surface area (Å²) < 4.78 is 137. The Balaban J connectivity index is 1.85. The van der Waals surface area contributed by atoms with Crippen LogP contribution in [0.2, 0.25) is 0 Å². The molecule has 272 valence electrons. The van der Waals surface area contributed by atoms with Crippen LogP contribution in [-0.2, 0) is 44.9 Å². The maximum absolute atomic E-state index is 12.4. The molecule has 0 fully saturated rings. The second-order valence-corrected chi connectivity index (χ2v) is 17.1. The van der Waals surface area contributed by atoms with Gasteiger partial charge in [0.15, 0.2) is 5.75 Å². The van der Waals surface area contributed by atoms with Crippen LogP contribution >= 0.6 is 23.5 Å². The standard InChI is InChI=1S/C26H23N5O14S6/c1-2-46-17-7-8-18(19(13-17)48(33,34)35)29-31-25-21(50(39,40)41)12-14-11-20(49(36,37)38)24(23(27)22(14)26(25)32)30-28-15-3-5-16(6-4-15)47-10-9-45-51(42,43)44/h2-8,11-13,32H,1,9-10,27H2,(H,33,34,35)(H,36,37,38)(H,39,40,41)(H,42,43,44). The molecule has 25 heteroatoms.